The normalized spacial score (nSPS) is 15.2. The van der Waals surface area contributed by atoms with E-state index in [9.17, 15) is 31.2 Å². The number of hydrogen-bond acceptors (Lipinski definition) is 7. The second-order valence-corrected chi connectivity index (χ2v) is 16.9. The zero-order chi connectivity index (χ0) is 43.1. The Morgan fingerprint density at radius 3 is 1.95 bits per heavy atom. The molecule has 2 aliphatic rings. The first-order valence-electron chi connectivity index (χ1n) is 20.2. The summed E-state index contributed by atoms with van der Waals surface area (Å²) in [5, 5.41) is 15.9. The monoisotopic (exact) mass is 850 g/mol. The van der Waals surface area contributed by atoms with Crippen LogP contribution in [0.25, 0.3) is 11.1 Å². The van der Waals surface area contributed by atoms with Gasteiger partial charge in [-0.1, -0.05) is 92.1 Å². The molecule has 0 aliphatic carbocycles. The third-order valence-electron chi connectivity index (χ3n) is 10.9. The van der Waals surface area contributed by atoms with Crippen LogP contribution in [0.4, 0.5) is 13.2 Å². The molecule has 0 radical (unpaired) electrons. The largest absolute Gasteiger partial charge is 0.490 e. The summed E-state index contributed by atoms with van der Waals surface area (Å²) in [5.74, 6) is -1.29. The first kappa shape index (κ1) is 46.0. The molecule has 4 aromatic rings. The van der Waals surface area contributed by atoms with Crippen molar-refractivity contribution in [1.82, 2.24) is 15.1 Å². The lowest BCUT2D eigenvalue weighted by molar-refractivity contribution is -0.192. The molecule has 2 fully saturated rings. The lowest BCUT2D eigenvalue weighted by Gasteiger charge is -2.32. The molecule has 0 atom stereocenters. The van der Waals surface area contributed by atoms with Gasteiger partial charge in [-0.25, -0.2) is 18.4 Å². The maximum atomic E-state index is 13.6. The van der Waals surface area contributed by atoms with Crippen LogP contribution < -0.4 is 10.5 Å². The zero-order valence-electron chi connectivity index (χ0n) is 33.5. The Morgan fingerprint density at radius 2 is 1.33 bits per heavy atom. The van der Waals surface area contributed by atoms with Crippen LogP contribution in [-0.2, 0) is 44.0 Å². The molecule has 0 bridgehead atoms. The number of primary sulfonamides is 1. The smallest absolute Gasteiger partial charge is 0.475 e. The maximum Gasteiger partial charge on any atom is 0.490 e. The molecule has 2 heterocycles. The second kappa shape index (κ2) is 22.0. The van der Waals surface area contributed by atoms with Gasteiger partial charge >= 0.3 is 12.1 Å². The van der Waals surface area contributed by atoms with Crippen LogP contribution in [0.3, 0.4) is 0 Å². The molecule has 15 heteroatoms. The van der Waals surface area contributed by atoms with Crippen LogP contribution in [0.1, 0.15) is 72.0 Å². The third kappa shape index (κ3) is 14.6. The van der Waals surface area contributed by atoms with E-state index in [0.29, 0.717) is 24.6 Å². The number of nitrogens with one attached hydrogen (secondary N) is 1. The molecule has 2 aliphatic heterocycles. The van der Waals surface area contributed by atoms with Crippen molar-refractivity contribution in [3.8, 4) is 11.1 Å². The van der Waals surface area contributed by atoms with E-state index in [1.165, 1.54) is 44.2 Å². The molecule has 11 nitrogen and oxygen atoms in total. The number of likely N-dealkylation sites (tertiary alicyclic amines) is 1. The Morgan fingerprint density at radius 1 is 0.767 bits per heavy atom. The summed E-state index contributed by atoms with van der Waals surface area (Å²) in [6.45, 7) is 4.70. The van der Waals surface area contributed by atoms with Crippen LogP contribution in [0.5, 0.6) is 0 Å². The number of piperidine rings is 2. The van der Waals surface area contributed by atoms with Crippen molar-refractivity contribution in [1.29, 1.82) is 0 Å². The lowest BCUT2D eigenvalue weighted by atomic mass is 9.87. The molecule has 6 rings (SSSR count). The van der Waals surface area contributed by atoms with Gasteiger partial charge in [-0.15, -0.1) is 0 Å². The quantitative estimate of drug-likeness (QED) is 0.112. The predicted octanol–water partition coefficient (Wildman–Crippen LogP) is 7.40. The highest BCUT2D eigenvalue weighted by Crippen LogP contribution is 2.28. The summed E-state index contributed by atoms with van der Waals surface area (Å²) in [6, 6.07) is 31.8. The van der Waals surface area contributed by atoms with Crippen LogP contribution >= 0.6 is 0 Å². The van der Waals surface area contributed by atoms with Crippen LogP contribution in [0.2, 0.25) is 0 Å². The number of benzene rings is 4. The number of sulfonamides is 1. The lowest BCUT2D eigenvalue weighted by Crippen LogP contribution is -2.38. The van der Waals surface area contributed by atoms with Gasteiger partial charge in [-0.3, -0.25) is 9.59 Å². The fourth-order valence-electron chi connectivity index (χ4n) is 7.53. The van der Waals surface area contributed by atoms with Crippen LogP contribution in [0, 0.1) is 11.8 Å². The van der Waals surface area contributed by atoms with Crippen molar-refractivity contribution in [3.05, 3.63) is 125 Å². The predicted molar refractivity (Wildman–Crippen MR) is 222 cm³/mol. The van der Waals surface area contributed by atoms with Gasteiger partial charge in [0.15, 0.2) is 0 Å². The molecule has 0 unspecified atom stereocenters. The Hall–Kier alpha value is -5.09. The Balaban J connectivity index is 0.000000896. The molecule has 0 saturated carbocycles. The third-order valence-corrected chi connectivity index (χ3v) is 11.8. The zero-order valence-corrected chi connectivity index (χ0v) is 34.3. The fraction of sp³-hybridized carbons (Fsp3) is 0.400. The molecule has 4 aromatic carbocycles. The molecule has 2 saturated heterocycles. The highest BCUT2D eigenvalue weighted by Gasteiger charge is 2.38. The number of aliphatic carboxylic acids is 1. The van der Waals surface area contributed by atoms with Crippen molar-refractivity contribution >= 4 is 27.8 Å². The fourth-order valence-corrected chi connectivity index (χ4v) is 8.05. The average molecular weight is 851 g/mol. The highest BCUT2D eigenvalue weighted by molar-refractivity contribution is 7.89. The van der Waals surface area contributed by atoms with Crippen molar-refractivity contribution < 1.29 is 45.8 Å². The van der Waals surface area contributed by atoms with Gasteiger partial charge < -0.3 is 25.0 Å². The minimum Gasteiger partial charge on any atom is -0.475 e. The minimum absolute atomic E-state index is 0.0153. The van der Waals surface area contributed by atoms with E-state index in [1.807, 2.05) is 83.8 Å². The number of carboxylic acid groups (broad SMARTS) is 1. The summed E-state index contributed by atoms with van der Waals surface area (Å²) >= 11 is 0. The second-order valence-electron chi connectivity index (χ2n) is 15.4. The van der Waals surface area contributed by atoms with Gasteiger partial charge in [0.1, 0.15) is 6.61 Å². The molecular formula is C45H53F3N4O7S. The standard InChI is InChI=1S/C43H52N4O5S.C2HF3O2/c44-53(50,51)41-17-15-35(16-18-41)29-47(42(48)32-52-31-36-7-2-1-3-8-36)30-37-11-5-12-38(27-37)39-13-6-14-40(28-39)43(49)46-25-21-34(22-26-46)10-4-9-33-19-23-45-24-20-33;3-2(4,5)1(6)7/h1-3,5-8,11-18,27-28,33-34,45H,4,9-10,19-26,29-32H2,(H2,44,50,51);(H,6,7). The van der Waals surface area contributed by atoms with Crippen molar-refractivity contribution in [2.75, 3.05) is 32.8 Å². The minimum atomic E-state index is -5.08. The highest BCUT2D eigenvalue weighted by atomic mass is 32.2. The van der Waals surface area contributed by atoms with E-state index in [-0.39, 0.29) is 29.9 Å². The van der Waals surface area contributed by atoms with Gasteiger partial charge in [0.25, 0.3) is 5.91 Å². The molecule has 2 amide bonds. The van der Waals surface area contributed by atoms with E-state index in [2.05, 4.69) is 5.32 Å². The topological polar surface area (TPSA) is 159 Å². The molecular weight excluding hydrogens is 798 g/mol. The number of carbonyl (C=O) groups excluding carboxylic acids is 2. The number of ether oxygens (including phenoxy) is 1. The van der Waals surface area contributed by atoms with Crippen molar-refractivity contribution in [2.45, 2.75) is 75.7 Å². The van der Waals surface area contributed by atoms with E-state index in [0.717, 1.165) is 72.8 Å². The summed E-state index contributed by atoms with van der Waals surface area (Å²) in [6.07, 6.45) is 3.58. The summed E-state index contributed by atoms with van der Waals surface area (Å²) in [5.41, 5.74) is 5.23. The first-order chi connectivity index (χ1) is 28.7. The SMILES string of the molecule is NS(=O)(=O)c1ccc(CN(Cc2cccc(-c3cccc(C(=O)N4CCC(CCCC5CCNCC5)CC4)c3)c2)C(=O)COCc2ccccc2)cc1.O=C(O)C(F)(F)F. The van der Waals surface area contributed by atoms with Crippen molar-refractivity contribution in [3.63, 3.8) is 0 Å². The number of nitrogens with zero attached hydrogens (tertiary/aromatic N) is 2. The molecule has 322 valence electrons. The molecule has 4 N–H and O–H groups in total. The van der Waals surface area contributed by atoms with E-state index in [4.69, 9.17) is 19.8 Å². The van der Waals surface area contributed by atoms with Gasteiger partial charge in [0.05, 0.1) is 11.5 Å². The summed E-state index contributed by atoms with van der Waals surface area (Å²) in [7, 11) is -3.83. The van der Waals surface area contributed by atoms with E-state index in [1.54, 1.807) is 17.0 Å². The number of alkyl halides is 3. The van der Waals surface area contributed by atoms with Crippen LogP contribution in [-0.4, -0.2) is 80.1 Å². The average Bonchev–Trinajstić information content (AvgIpc) is 3.24. The van der Waals surface area contributed by atoms with Gasteiger partial charge in [-0.2, -0.15) is 13.2 Å². The summed E-state index contributed by atoms with van der Waals surface area (Å²) in [4.78, 5) is 39.8. The van der Waals surface area contributed by atoms with Gasteiger partial charge in [0.2, 0.25) is 15.9 Å². The number of hydrogen-bond donors (Lipinski definition) is 3. The Labute approximate surface area is 349 Å². The number of nitrogens with two attached hydrogens (primary N) is 1. The number of amides is 2. The number of carbonyl (C=O) groups is 3. The molecule has 60 heavy (non-hydrogen) atoms. The van der Waals surface area contributed by atoms with Gasteiger partial charge in [0, 0.05) is 31.7 Å². The van der Waals surface area contributed by atoms with E-state index >= 15 is 0 Å². The number of carboxylic acids is 1. The van der Waals surface area contributed by atoms with Gasteiger partial charge in [-0.05, 0) is 109 Å². The summed E-state index contributed by atoms with van der Waals surface area (Å²) < 4.78 is 61.1. The first-order valence-corrected chi connectivity index (χ1v) is 21.7. The van der Waals surface area contributed by atoms with Crippen LogP contribution in [0.15, 0.2) is 108 Å². The Bertz CT molecular complexity index is 2120. The van der Waals surface area contributed by atoms with E-state index < -0.39 is 22.2 Å². The molecule has 0 aromatic heterocycles. The number of halogens is 3. The molecule has 0 spiro atoms. The number of rotatable bonds is 15. The Kier molecular flexibility index (Phi) is 16.8. The maximum absolute atomic E-state index is 13.6. The van der Waals surface area contributed by atoms with Crippen molar-refractivity contribution in [2.24, 2.45) is 17.0 Å².